The van der Waals surface area contributed by atoms with E-state index in [4.69, 9.17) is 20.7 Å². The predicted molar refractivity (Wildman–Crippen MR) is 50.6 cm³/mol. The molecular formula is C8H18N2O4. The van der Waals surface area contributed by atoms with Gasteiger partial charge in [0.1, 0.15) is 6.61 Å². The van der Waals surface area contributed by atoms with Crippen molar-refractivity contribution in [3.8, 4) is 0 Å². The lowest BCUT2D eigenvalue weighted by atomic mass is 10.4. The second-order valence-electron chi connectivity index (χ2n) is 2.81. The van der Waals surface area contributed by atoms with Crippen LogP contribution >= 0.6 is 0 Å². The maximum atomic E-state index is 10.3. The van der Waals surface area contributed by atoms with E-state index in [1.54, 1.807) is 0 Å². The molecular weight excluding hydrogens is 188 g/mol. The van der Waals surface area contributed by atoms with E-state index in [-0.39, 0.29) is 19.8 Å². The molecule has 0 bridgehead atoms. The van der Waals surface area contributed by atoms with Crippen LogP contribution in [-0.2, 0) is 9.53 Å². The van der Waals surface area contributed by atoms with Crippen molar-refractivity contribution < 1.29 is 19.7 Å². The maximum absolute atomic E-state index is 10.3. The summed E-state index contributed by atoms with van der Waals surface area (Å²) in [6.45, 7) is 1.88. The van der Waals surface area contributed by atoms with Gasteiger partial charge in [-0.2, -0.15) is 0 Å². The third kappa shape index (κ3) is 7.93. The molecule has 14 heavy (non-hydrogen) atoms. The number of ether oxygens (including phenoxy) is 1. The molecule has 84 valence electrons. The Bertz CT molecular complexity index is 148. The first-order valence-corrected chi connectivity index (χ1v) is 4.50. The number of aliphatic hydroxyl groups is 2. The predicted octanol–water partition coefficient (Wildman–Crippen LogP) is -2.23. The molecule has 4 N–H and O–H groups in total. The van der Waals surface area contributed by atoms with Gasteiger partial charge in [-0.3, -0.25) is 9.69 Å². The molecule has 6 nitrogen and oxygen atoms in total. The van der Waals surface area contributed by atoms with Gasteiger partial charge in [0.05, 0.1) is 19.8 Å². The normalized spacial score (nSPS) is 10.8. The Hall–Kier alpha value is -0.690. The molecule has 0 saturated carbocycles. The second-order valence-corrected chi connectivity index (χ2v) is 2.81. The Balaban J connectivity index is 3.44. The number of nitrogens with zero attached hydrogens (tertiary/aromatic N) is 1. The number of amides is 1. The zero-order valence-electron chi connectivity index (χ0n) is 8.19. The summed E-state index contributed by atoms with van der Waals surface area (Å²) >= 11 is 0. The van der Waals surface area contributed by atoms with E-state index in [0.29, 0.717) is 26.2 Å². The van der Waals surface area contributed by atoms with E-state index < -0.39 is 5.91 Å². The first-order chi connectivity index (χ1) is 6.70. The second kappa shape index (κ2) is 8.89. The van der Waals surface area contributed by atoms with Gasteiger partial charge in [-0.25, -0.2) is 0 Å². The van der Waals surface area contributed by atoms with Gasteiger partial charge in [-0.15, -0.1) is 0 Å². The van der Waals surface area contributed by atoms with Crippen molar-refractivity contribution in [2.24, 2.45) is 5.73 Å². The van der Waals surface area contributed by atoms with Crippen LogP contribution in [0.2, 0.25) is 0 Å². The van der Waals surface area contributed by atoms with Crippen LogP contribution in [0.3, 0.4) is 0 Å². The van der Waals surface area contributed by atoms with Gasteiger partial charge < -0.3 is 20.7 Å². The summed E-state index contributed by atoms with van der Waals surface area (Å²) in [5.74, 6) is -0.499. The van der Waals surface area contributed by atoms with E-state index in [0.717, 1.165) is 0 Å². The van der Waals surface area contributed by atoms with Crippen molar-refractivity contribution in [2.45, 2.75) is 0 Å². The van der Waals surface area contributed by atoms with E-state index in [2.05, 4.69) is 0 Å². The molecule has 0 rings (SSSR count). The van der Waals surface area contributed by atoms with E-state index in [9.17, 15) is 4.79 Å². The van der Waals surface area contributed by atoms with Crippen LogP contribution in [0.1, 0.15) is 0 Å². The van der Waals surface area contributed by atoms with Crippen molar-refractivity contribution in [2.75, 3.05) is 46.1 Å². The molecule has 0 aromatic rings. The molecule has 0 aliphatic heterocycles. The number of nitrogens with two attached hydrogens (primary N) is 1. The van der Waals surface area contributed by atoms with Crippen LogP contribution in [0.15, 0.2) is 0 Å². The summed E-state index contributed by atoms with van der Waals surface area (Å²) in [5.41, 5.74) is 4.87. The minimum atomic E-state index is -0.499. The summed E-state index contributed by atoms with van der Waals surface area (Å²) in [5, 5.41) is 17.3. The van der Waals surface area contributed by atoms with Gasteiger partial charge in [0, 0.05) is 19.6 Å². The fourth-order valence-corrected chi connectivity index (χ4v) is 0.985. The highest BCUT2D eigenvalue weighted by molar-refractivity contribution is 5.74. The molecule has 0 spiro atoms. The highest BCUT2D eigenvalue weighted by atomic mass is 16.5. The quantitative estimate of drug-likeness (QED) is 0.371. The van der Waals surface area contributed by atoms with Crippen molar-refractivity contribution in [3.05, 3.63) is 0 Å². The van der Waals surface area contributed by atoms with Crippen LogP contribution < -0.4 is 5.73 Å². The SMILES string of the molecule is NC(=O)COCCN(CCO)CCO. The first kappa shape index (κ1) is 13.3. The summed E-state index contributed by atoms with van der Waals surface area (Å²) < 4.78 is 4.94. The van der Waals surface area contributed by atoms with Crippen LogP contribution in [-0.4, -0.2) is 67.1 Å². The van der Waals surface area contributed by atoms with Gasteiger partial charge in [-0.1, -0.05) is 0 Å². The summed E-state index contributed by atoms with van der Waals surface area (Å²) in [4.78, 5) is 12.1. The lowest BCUT2D eigenvalue weighted by Gasteiger charge is -2.19. The Labute approximate surface area is 83.3 Å². The van der Waals surface area contributed by atoms with Crippen LogP contribution in [0, 0.1) is 0 Å². The molecule has 0 unspecified atom stereocenters. The topological polar surface area (TPSA) is 96.0 Å². The summed E-state index contributed by atoms with van der Waals surface area (Å²) in [6.07, 6.45) is 0. The average Bonchev–Trinajstić information content (AvgIpc) is 2.12. The molecule has 0 aromatic heterocycles. The Morgan fingerprint density at radius 2 is 1.79 bits per heavy atom. The van der Waals surface area contributed by atoms with Gasteiger partial charge in [-0.05, 0) is 0 Å². The number of rotatable bonds is 9. The van der Waals surface area contributed by atoms with Gasteiger partial charge in [0.15, 0.2) is 0 Å². The zero-order valence-corrected chi connectivity index (χ0v) is 8.19. The smallest absolute Gasteiger partial charge is 0.243 e. The lowest BCUT2D eigenvalue weighted by molar-refractivity contribution is -0.122. The van der Waals surface area contributed by atoms with Crippen molar-refractivity contribution in [3.63, 3.8) is 0 Å². The van der Waals surface area contributed by atoms with E-state index >= 15 is 0 Å². The molecule has 1 amide bonds. The monoisotopic (exact) mass is 206 g/mol. The highest BCUT2D eigenvalue weighted by Gasteiger charge is 2.03. The zero-order chi connectivity index (χ0) is 10.8. The molecule has 0 atom stereocenters. The summed E-state index contributed by atoms with van der Waals surface area (Å²) in [6, 6.07) is 0. The number of aliphatic hydroxyl groups excluding tert-OH is 2. The fourth-order valence-electron chi connectivity index (χ4n) is 0.985. The van der Waals surface area contributed by atoms with Gasteiger partial charge >= 0.3 is 0 Å². The fraction of sp³-hybridized carbons (Fsp3) is 0.875. The van der Waals surface area contributed by atoms with Crippen molar-refractivity contribution in [1.29, 1.82) is 0 Å². The Morgan fingerprint density at radius 1 is 1.21 bits per heavy atom. The van der Waals surface area contributed by atoms with Crippen molar-refractivity contribution in [1.82, 2.24) is 4.90 Å². The van der Waals surface area contributed by atoms with Crippen LogP contribution in [0.4, 0.5) is 0 Å². The number of carbonyl (C=O) groups excluding carboxylic acids is 1. The lowest BCUT2D eigenvalue weighted by Crippen LogP contribution is -2.33. The maximum Gasteiger partial charge on any atom is 0.243 e. The van der Waals surface area contributed by atoms with E-state index in [1.807, 2.05) is 4.90 Å². The molecule has 0 saturated heterocycles. The largest absolute Gasteiger partial charge is 0.395 e. The minimum Gasteiger partial charge on any atom is -0.395 e. The third-order valence-corrected chi connectivity index (χ3v) is 1.63. The van der Waals surface area contributed by atoms with Gasteiger partial charge in [0.2, 0.25) is 5.91 Å². The summed E-state index contributed by atoms with van der Waals surface area (Å²) in [7, 11) is 0. The first-order valence-electron chi connectivity index (χ1n) is 4.50. The van der Waals surface area contributed by atoms with Crippen LogP contribution in [0.25, 0.3) is 0 Å². The average molecular weight is 206 g/mol. The molecule has 6 heteroatoms. The third-order valence-electron chi connectivity index (χ3n) is 1.63. The molecule has 0 aromatic carbocycles. The number of hydrogen-bond donors (Lipinski definition) is 3. The molecule has 0 aliphatic carbocycles. The Morgan fingerprint density at radius 3 is 2.21 bits per heavy atom. The van der Waals surface area contributed by atoms with Crippen molar-refractivity contribution >= 4 is 5.91 Å². The van der Waals surface area contributed by atoms with Crippen LogP contribution in [0.5, 0.6) is 0 Å². The molecule has 0 heterocycles. The highest BCUT2D eigenvalue weighted by Crippen LogP contribution is 1.87. The molecule has 0 radical (unpaired) electrons. The van der Waals surface area contributed by atoms with E-state index in [1.165, 1.54) is 0 Å². The Kier molecular flexibility index (Phi) is 8.45. The minimum absolute atomic E-state index is 0.0375. The number of carbonyl (C=O) groups is 1. The number of primary amides is 1. The number of hydrogen-bond acceptors (Lipinski definition) is 5. The standard InChI is InChI=1S/C8H18N2O4/c9-8(13)7-14-6-3-10(1-4-11)2-5-12/h11-12H,1-7H2,(H2,9,13). The van der Waals surface area contributed by atoms with Gasteiger partial charge in [0.25, 0.3) is 0 Å². The molecule has 0 aliphatic rings. The molecule has 0 fully saturated rings.